The first-order chi connectivity index (χ1) is 10.4. The molecule has 4 nitrogen and oxygen atoms in total. The van der Waals surface area contributed by atoms with Gasteiger partial charge in [-0.2, -0.15) is 0 Å². The van der Waals surface area contributed by atoms with Crippen molar-refractivity contribution in [3.05, 3.63) is 84.2 Å². The SMILES string of the molecule is CCOC(c1ccccn1)(c1ccccn1)c1ccc[nH]1. The van der Waals surface area contributed by atoms with Gasteiger partial charge in [0.2, 0.25) is 0 Å². The lowest BCUT2D eigenvalue weighted by molar-refractivity contribution is 0.0123. The van der Waals surface area contributed by atoms with Crippen molar-refractivity contribution in [1.29, 1.82) is 0 Å². The summed E-state index contributed by atoms with van der Waals surface area (Å²) in [5, 5.41) is 0. The third-order valence-corrected chi connectivity index (χ3v) is 3.39. The van der Waals surface area contributed by atoms with Crippen LogP contribution in [0.25, 0.3) is 0 Å². The Morgan fingerprint density at radius 3 is 2.05 bits per heavy atom. The van der Waals surface area contributed by atoms with Crippen molar-refractivity contribution in [3.8, 4) is 0 Å². The maximum atomic E-state index is 6.19. The van der Waals surface area contributed by atoms with E-state index < -0.39 is 5.60 Å². The Hall–Kier alpha value is -2.46. The lowest BCUT2D eigenvalue weighted by atomic mass is 9.90. The molecule has 3 aromatic rings. The van der Waals surface area contributed by atoms with Gasteiger partial charge in [-0.15, -0.1) is 0 Å². The average Bonchev–Trinajstić information content (AvgIpc) is 3.09. The van der Waals surface area contributed by atoms with Crippen molar-refractivity contribution < 1.29 is 4.74 Å². The van der Waals surface area contributed by atoms with Gasteiger partial charge in [-0.25, -0.2) is 0 Å². The maximum absolute atomic E-state index is 6.19. The molecule has 0 aliphatic heterocycles. The Morgan fingerprint density at radius 2 is 1.62 bits per heavy atom. The van der Waals surface area contributed by atoms with Crippen LogP contribution in [-0.4, -0.2) is 21.6 Å². The third kappa shape index (κ3) is 2.34. The first-order valence-corrected chi connectivity index (χ1v) is 6.98. The summed E-state index contributed by atoms with van der Waals surface area (Å²) in [4.78, 5) is 12.3. The van der Waals surface area contributed by atoms with E-state index in [1.54, 1.807) is 12.4 Å². The van der Waals surface area contributed by atoms with Gasteiger partial charge in [0.15, 0.2) is 5.60 Å². The topological polar surface area (TPSA) is 50.8 Å². The number of ether oxygens (including phenoxy) is 1. The van der Waals surface area contributed by atoms with Crippen molar-refractivity contribution in [2.45, 2.75) is 12.5 Å². The van der Waals surface area contributed by atoms with Crippen molar-refractivity contribution in [1.82, 2.24) is 15.0 Å². The number of hydrogen-bond acceptors (Lipinski definition) is 3. The van der Waals surface area contributed by atoms with Gasteiger partial charge in [-0.3, -0.25) is 9.97 Å². The summed E-state index contributed by atoms with van der Waals surface area (Å²) in [6.45, 7) is 2.52. The first-order valence-electron chi connectivity index (χ1n) is 6.98. The molecule has 0 unspecified atom stereocenters. The number of nitrogens with zero attached hydrogens (tertiary/aromatic N) is 2. The van der Waals surface area contributed by atoms with Gasteiger partial charge < -0.3 is 9.72 Å². The fourth-order valence-corrected chi connectivity index (χ4v) is 2.54. The number of aromatic nitrogens is 3. The molecule has 0 amide bonds. The third-order valence-electron chi connectivity index (χ3n) is 3.39. The normalized spacial score (nSPS) is 11.5. The highest BCUT2D eigenvalue weighted by atomic mass is 16.5. The zero-order valence-electron chi connectivity index (χ0n) is 11.9. The summed E-state index contributed by atoms with van der Waals surface area (Å²) in [6.07, 6.45) is 5.43. The molecule has 0 fully saturated rings. The van der Waals surface area contributed by atoms with Crippen LogP contribution < -0.4 is 0 Å². The molecule has 0 saturated carbocycles. The Bertz CT molecular complexity index is 626. The minimum Gasteiger partial charge on any atom is -0.362 e. The number of rotatable bonds is 5. The molecule has 0 aromatic carbocycles. The number of aromatic amines is 1. The van der Waals surface area contributed by atoms with Crippen LogP contribution >= 0.6 is 0 Å². The molecule has 0 radical (unpaired) electrons. The zero-order chi connectivity index (χ0) is 14.5. The molecule has 0 aliphatic rings. The van der Waals surface area contributed by atoms with E-state index in [2.05, 4.69) is 15.0 Å². The fourth-order valence-electron chi connectivity index (χ4n) is 2.54. The molecule has 21 heavy (non-hydrogen) atoms. The molecule has 3 rings (SSSR count). The summed E-state index contributed by atoms with van der Waals surface area (Å²) in [5.41, 5.74) is 1.73. The zero-order valence-corrected chi connectivity index (χ0v) is 11.9. The van der Waals surface area contributed by atoms with Crippen LogP contribution in [0.1, 0.15) is 24.0 Å². The van der Waals surface area contributed by atoms with Gasteiger partial charge in [-0.05, 0) is 43.3 Å². The summed E-state index contributed by atoms with van der Waals surface area (Å²) in [5.74, 6) is 0. The molecule has 0 spiro atoms. The van der Waals surface area contributed by atoms with E-state index in [0.717, 1.165) is 17.1 Å². The van der Waals surface area contributed by atoms with Crippen LogP contribution in [0.15, 0.2) is 67.1 Å². The van der Waals surface area contributed by atoms with Gasteiger partial charge in [0, 0.05) is 25.2 Å². The molecular formula is C17H17N3O. The fraction of sp³-hybridized carbons (Fsp3) is 0.176. The molecule has 1 N–H and O–H groups in total. The number of pyridine rings is 2. The van der Waals surface area contributed by atoms with Crippen molar-refractivity contribution in [2.24, 2.45) is 0 Å². The summed E-state index contributed by atoms with van der Waals surface area (Å²) in [6, 6.07) is 15.6. The Kier molecular flexibility index (Phi) is 3.79. The lowest BCUT2D eigenvalue weighted by Gasteiger charge is -2.31. The molecule has 0 aliphatic carbocycles. The lowest BCUT2D eigenvalue weighted by Crippen LogP contribution is -2.35. The van der Waals surface area contributed by atoms with Crippen LogP contribution in [0, 0.1) is 0 Å². The van der Waals surface area contributed by atoms with E-state index in [9.17, 15) is 0 Å². The highest BCUT2D eigenvalue weighted by Crippen LogP contribution is 2.37. The predicted molar refractivity (Wildman–Crippen MR) is 80.8 cm³/mol. The van der Waals surface area contributed by atoms with E-state index in [0.29, 0.717) is 6.61 Å². The Morgan fingerprint density at radius 1 is 0.952 bits per heavy atom. The van der Waals surface area contributed by atoms with Crippen molar-refractivity contribution >= 4 is 0 Å². The summed E-state index contributed by atoms with van der Waals surface area (Å²) >= 11 is 0. The quantitative estimate of drug-likeness (QED) is 0.780. The molecule has 0 saturated heterocycles. The van der Waals surface area contributed by atoms with Crippen LogP contribution in [-0.2, 0) is 10.3 Å². The highest BCUT2D eigenvalue weighted by molar-refractivity contribution is 5.39. The van der Waals surface area contributed by atoms with E-state index >= 15 is 0 Å². The van der Waals surface area contributed by atoms with E-state index in [4.69, 9.17) is 4.74 Å². The predicted octanol–water partition coefficient (Wildman–Crippen LogP) is 3.13. The molecule has 0 bridgehead atoms. The monoisotopic (exact) mass is 279 g/mol. The van der Waals surface area contributed by atoms with E-state index in [-0.39, 0.29) is 0 Å². The second-order valence-electron chi connectivity index (χ2n) is 4.63. The molecular weight excluding hydrogens is 262 g/mol. The number of nitrogens with one attached hydrogen (secondary N) is 1. The highest BCUT2D eigenvalue weighted by Gasteiger charge is 2.40. The minimum absolute atomic E-state index is 0.548. The van der Waals surface area contributed by atoms with Crippen molar-refractivity contribution in [3.63, 3.8) is 0 Å². The average molecular weight is 279 g/mol. The minimum atomic E-state index is -0.819. The van der Waals surface area contributed by atoms with Crippen molar-refractivity contribution in [2.75, 3.05) is 6.61 Å². The second kappa shape index (κ2) is 5.89. The van der Waals surface area contributed by atoms with Gasteiger partial charge in [0.1, 0.15) is 0 Å². The smallest absolute Gasteiger partial charge is 0.191 e. The standard InChI is InChI=1S/C17H17N3O/c1-2-21-17(16-10-7-13-20-16,14-8-3-5-11-18-14)15-9-4-6-12-19-15/h3-13,20H,2H2,1H3. The molecule has 3 aromatic heterocycles. The van der Waals surface area contributed by atoms with Crippen LogP contribution in [0.4, 0.5) is 0 Å². The maximum Gasteiger partial charge on any atom is 0.191 e. The Balaban J connectivity index is 2.27. The molecule has 106 valence electrons. The number of hydrogen-bond donors (Lipinski definition) is 1. The van der Waals surface area contributed by atoms with Gasteiger partial charge in [-0.1, -0.05) is 12.1 Å². The molecule has 3 heterocycles. The molecule has 4 heteroatoms. The first kappa shape index (κ1) is 13.5. The summed E-state index contributed by atoms with van der Waals surface area (Å²) < 4.78 is 6.19. The van der Waals surface area contributed by atoms with E-state index in [1.165, 1.54) is 0 Å². The number of H-pyrrole nitrogens is 1. The largest absolute Gasteiger partial charge is 0.362 e. The van der Waals surface area contributed by atoms with Gasteiger partial charge >= 0.3 is 0 Å². The van der Waals surface area contributed by atoms with Gasteiger partial charge in [0.05, 0.1) is 17.1 Å². The van der Waals surface area contributed by atoms with E-state index in [1.807, 2.05) is 61.7 Å². The van der Waals surface area contributed by atoms with Crippen LogP contribution in [0.5, 0.6) is 0 Å². The summed E-state index contributed by atoms with van der Waals surface area (Å²) in [7, 11) is 0. The second-order valence-corrected chi connectivity index (χ2v) is 4.63. The molecule has 0 atom stereocenters. The Labute approximate surface area is 123 Å². The van der Waals surface area contributed by atoms with Gasteiger partial charge in [0.25, 0.3) is 0 Å². The van der Waals surface area contributed by atoms with Crippen LogP contribution in [0.2, 0.25) is 0 Å². The van der Waals surface area contributed by atoms with Crippen LogP contribution in [0.3, 0.4) is 0 Å².